The average Bonchev–Trinajstić information content (AvgIpc) is 1.91. The van der Waals surface area contributed by atoms with Gasteiger partial charge in [-0.2, -0.15) is 0 Å². The SMILES string of the molecule is ClCOC1CCCCC1. The van der Waals surface area contributed by atoms with Crippen LogP contribution in [0.25, 0.3) is 0 Å². The van der Waals surface area contributed by atoms with E-state index in [2.05, 4.69) is 0 Å². The molecule has 0 aromatic rings. The molecule has 9 heavy (non-hydrogen) atoms. The molecule has 0 heterocycles. The van der Waals surface area contributed by atoms with Gasteiger partial charge in [0.25, 0.3) is 0 Å². The Labute approximate surface area is 61.3 Å². The highest BCUT2D eigenvalue weighted by molar-refractivity contribution is 6.17. The fraction of sp³-hybridized carbons (Fsp3) is 1.00. The summed E-state index contributed by atoms with van der Waals surface area (Å²) in [7, 11) is 0. The maximum atomic E-state index is 5.41. The lowest BCUT2D eigenvalue weighted by Crippen LogP contribution is -2.15. The van der Waals surface area contributed by atoms with Gasteiger partial charge in [0, 0.05) is 0 Å². The summed E-state index contributed by atoms with van der Waals surface area (Å²) >= 11 is 5.41. The lowest BCUT2D eigenvalue weighted by molar-refractivity contribution is 0.0577. The van der Waals surface area contributed by atoms with Crippen molar-refractivity contribution in [3.8, 4) is 0 Å². The van der Waals surface area contributed by atoms with E-state index in [1.54, 1.807) is 0 Å². The van der Waals surface area contributed by atoms with Gasteiger partial charge in [-0.25, -0.2) is 0 Å². The molecule has 54 valence electrons. The summed E-state index contributed by atoms with van der Waals surface area (Å²) in [5, 5.41) is 0. The van der Waals surface area contributed by atoms with Crippen molar-refractivity contribution >= 4 is 11.6 Å². The van der Waals surface area contributed by atoms with Crippen molar-refractivity contribution in [2.75, 3.05) is 6.07 Å². The molecule has 1 aliphatic carbocycles. The maximum absolute atomic E-state index is 5.41. The number of ether oxygens (including phenoxy) is 1. The number of hydrogen-bond acceptors (Lipinski definition) is 1. The Bertz CT molecular complexity index is 66.6. The lowest BCUT2D eigenvalue weighted by atomic mass is 9.98. The van der Waals surface area contributed by atoms with E-state index in [1.807, 2.05) is 0 Å². The molecule has 0 saturated heterocycles. The van der Waals surface area contributed by atoms with Crippen LogP contribution in [0.2, 0.25) is 0 Å². The van der Waals surface area contributed by atoms with Crippen molar-refractivity contribution in [1.29, 1.82) is 0 Å². The molecule has 1 nitrogen and oxygen atoms in total. The molecular weight excluding hydrogens is 136 g/mol. The standard InChI is InChI=1S/C7H13ClO/c8-6-9-7-4-2-1-3-5-7/h7H,1-6H2. The Hall–Kier alpha value is 0.250. The van der Waals surface area contributed by atoms with Gasteiger partial charge in [-0.15, -0.1) is 0 Å². The third-order valence-corrected chi connectivity index (χ3v) is 1.98. The van der Waals surface area contributed by atoms with Crippen molar-refractivity contribution in [1.82, 2.24) is 0 Å². The summed E-state index contributed by atoms with van der Waals surface area (Å²) in [6.45, 7) is 0. The fourth-order valence-electron chi connectivity index (χ4n) is 1.32. The average molecular weight is 149 g/mol. The van der Waals surface area contributed by atoms with Crippen LogP contribution in [0.1, 0.15) is 32.1 Å². The van der Waals surface area contributed by atoms with Gasteiger partial charge in [0.05, 0.1) is 6.10 Å². The van der Waals surface area contributed by atoms with Crippen LogP contribution in [0.5, 0.6) is 0 Å². The highest BCUT2D eigenvalue weighted by Gasteiger charge is 2.12. The van der Waals surface area contributed by atoms with Crippen LogP contribution in [0.4, 0.5) is 0 Å². The predicted octanol–water partition coefficient (Wildman–Crippen LogP) is 2.53. The van der Waals surface area contributed by atoms with Gasteiger partial charge in [-0.3, -0.25) is 0 Å². The van der Waals surface area contributed by atoms with Gasteiger partial charge in [0.1, 0.15) is 6.07 Å². The molecule has 0 radical (unpaired) electrons. The molecule has 0 amide bonds. The van der Waals surface area contributed by atoms with Gasteiger partial charge in [0.15, 0.2) is 0 Å². The van der Waals surface area contributed by atoms with Crippen molar-refractivity contribution in [3.05, 3.63) is 0 Å². The summed E-state index contributed by atoms with van der Waals surface area (Å²) in [6.07, 6.45) is 6.92. The lowest BCUT2D eigenvalue weighted by Gasteiger charge is -2.20. The third kappa shape index (κ3) is 2.55. The Morgan fingerprint density at radius 1 is 1.22 bits per heavy atom. The second kappa shape index (κ2) is 4.13. The fourth-order valence-corrected chi connectivity index (χ4v) is 1.50. The molecule has 0 aliphatic heterocycles. The quantitative estimate of drug-likeness (QED) is 0.547. The normalized spacial score (nSPS) is 22.3. The zero-order valence-corrected chi connectivity index (χ0v) is 6.36. The van der Waals surface area contributed by atoms with Crippen molar-refractivity contribution in [3.63, 3.8) is 0 Å². The van der Waals surface area contributed by atoms with Crippen molar-refractivity contribution in [2.24, 2.45) is 0 Å². The largest absolute Gasteiger partial charge is 0.363 e. The molecule has 0 bridgehead atoms. The highest BCUT2D eigenvalue weighted by Crippen LogP contribution is 2.20. The molecule has 1 saturated carbocycles. The molecule has 0 atom stereocenters. The summed E-state index contributed by atoms with van der Waals surface area (Å²) in [6, 6.07) is 0.366. The van der Waals surface area contributed by atoms with Gasteiger partial charge in [0.2, 0.25) is 0 Å². The Morgan fingerprint density at radius 3 is 2.44 bits per heavy atom. The second-order valence-corrected chi connectivity index (χ2v) is 2.75. The van der Waals surface area contributed by atoms with Crippen LogP contribution in [-0.4, -0.2) is 12.2 Å². The zero-order chi connectivity index (χ0) is 6.53. The van der Waals surface area contributed by atoms with Gasteiger partial charge < -0.3 is 4.74 Å². The molecule has 0 aromatic carbocycles. The Balaban J connectivity index is 2.08. The molecule has 1 rings (SSSR count). The highest BCUT2D eigenvalue weighted by atomic mass is 35.5. The number of alkyl halides is 1. The number of halogens is 1. The molecule has 1 fully saturated rings. The first kappa shape index (κ1) is 7.36. The van der Waals surface area contributed by atoms with Crippen LogP contribution in [-0.2, 0) is 4.74 Å². The maximum Gasteiger partial charge on any atom is 0.121 e. The molecular formula is C7H13ClO. The summed E-state index contributed by atoms with van der Waals surface area (Å²) in [4.78, 5) is 0. The minimum absolute atomic E-state index is 0.366. The van der Waals surface area contributed by atoms with E-state index in [0.717, 1.165) is 0 Å². The smallest absolute Gasteiger partial charge is 0.121 e. The molecule has 0 unspecified atom stereocenters. The zero-order valence-electron chi connectivity index (χ0n) is 5.61. The first-order valence-corrected chi connectivity index (χ1v) is 4.14. The van der Waals surface area contributed by atoms with E-state index >= 15 is 0 Å². The first-order chi connectivity index (χ1) is 4.43. The molecule has 0 spiro atoms. The molecule has 2 heteroatoms. The summed E-state index contributed by atoms with van der Waals surface area (Å²) < 4.78 is 5.25. The van der Waals surface area contributed by atoms with Gasteiger partial charge in [-0.1, -0.05) is 30.9 Å². The molecule has 0 aromatic heterocycles. The minimum Gasteiger partial charge on any atom is -0.363 e. The van der Waals surface area contributed by atoms with Crippen molar-refractivity contribution in [2.45, 2.75) is 38.2 Å². The monoisotopic (exact) mass is 148 g/mol. The topological polar surface area (TPSA) is 9.23 Å². The van der Waals surface area contributed by atoms with Gasteiger partial charge >= 0.3 is 0 Å². The predicted molar refractivity (Wildman–Crippen MR) is 38.7 cm³/mol. The summed E-state index contributed by atoms with van der Waals surface area (Å²) in [5.41, 5.74) is 0. The molecule has 0 N–H and O–H groups in total. The van der Waals surface area contributed by atoms with E-state index < -0.39 is 0 Å². The second-order valence-electron chi connectivity index (χ2n) is 2.54. The Morgan fingerprint density at radius 2 is 1.89 bits per heavy atom. The number of rotatable bonds is 2. The Kier molecular flexibility index (Phi) is 3.37. The third-order valence-electron chi connectivity index (χ3n) is 1.85. The minimum atomic E-state index is 0.366. The van der Waals surface area contributed by atoms with E-state index in [1.165, 1.54) is 32.1 Å². The number of hydrogen-bond donors (Lipinski definition) is 0. The van der Waals surface area contributed by atoms with E-state index in [9.17, 15) is 0 Å². The van der Waals surface area contributed by atoms with Crippen molar-refractivity contribution < 1.29 is 4.74 Å². The van der Waals surface area contributed by atoms with Gasteiger partial charge in [-0.05, 0) is 12.8 Å². The van der Waals surface area contributed by atoms with E-state index in [4.69, 9.17) is 16.3 Å². The molecule has 1 aliphatic rings. The van der Waals surface area contributed by atoms with Crippen LogP contribution in [0, 0.1) is 0 Å². The summed E-state index contributed by atoms with van der Waals surface area (Å²) in [5.74, 6) is 0. The van der Waals surface area contributed by atoms with E-state index in [-0.39, 0.29) is 0 Å². The van der Waals surface area contributed by atoms with Crippen LogP contribution in [0.15, 0.2) is 0 Å². The van der Waals surface area contributed by atoms with Crippen LogP contribution in [0.3, 0.4) is 0 Å². The van der Waals surface area contributed by atoms with Crippen LogP contribution < -0.4 is 0 Å². The first-order valence-electron chi connectivity index (χ1n) is 3.61. The van der Waals surface area contributed by atoms with Crippen LogP contribution >= 0.6 is 11.6 Å². The van der Waals surface area contributed by atoms with E-state index in [0.29, 0.717) is 12.2 Å².